The predicted molar refractivity (Wildman–Crippen MR) is 72.6 cm³/mol. The molecule has 18 heavy (non-hydrogen) atoms. The first-order valence-electron chi connectivity index (χ1n) is 4.54. The lowest BCUT2D eigenvalue weighted by Crippen LogP contribution is -2.20. The average Bonchev–Trinajstić information content (AvgIpc) is 2.27. The van der Waals surface area contributed by atoms with Gasteiger partial charge in [-0.3, -0.25) is 0 Å². The Labute approximate surface area is 120 Å². The zero-order valence-corrected chi connectivity index (χ0v) is 11.9. The van der Waals surface area contributed by atoms with Crippen molar-refractivity contribution in [3.63, 3.8) is 0 Å². The van der Waals surface area contributed by atoms with Crippen LogP contribution in [0.2, 0.25) is 10.0 Å². The van der Waals surface area contributed by atoms with Gasteiger partial charge >= 0.3 is 0 Å². The molecule has 0 bridgehead atoms. The van der Waals surface area contributed by atoms with E-state index in [-0.39, 0.29) is 10.0 Å². The molecule has 1 rings (SSSR count). The second kappa shape index (κ2) is 6.43. The third-order valence-electron chi connectivity index (χ3n) is 1.75. The normalized spacial score (nSPS) is 13.2. The molecule has 0 aliphatic carbocycles. The van der Waals surface area contributed by atoms with Gasteiger partial charge < -0.3 is 5.11 Å². The summed E-state index contributed by atoms with van der Waals surface area (Å²) >= 11 is 16.8. The van der Waals surface area contributed by atoms with Crippen molar-refractivity contribution in [2.75, 3.05) is 5.88 Å². The largest absolute Gasteiger partial charge is 0.860 e. The average molecular weight is 328 g/mol. The summed E-state index contributed by atoms with van der Waals surface area (Å²) in [4.78, 5) is 0. The van der Waals surface area contributed by atoms with E-state index >= 15 is 0 Å². The fourth-order valence-electron chi connectivity index (χ4n) is 1.02. The Morgan fingerprint density at radius 1 is 1.33 bits per heavy atom. The van der Waals surface area contributed by atoms with Gasteiger partial charge in [0.1, 0.15) is 0 Å². The van der Waals surface area contributed by atoms with E-state index in [9.17, 15) is 13.5 Å². The maximum atomic E-state index is 11.4. The molecule has 0 aliphatic rings. The van der Waals surface area contributed by atoms with Crippen LogP contribution < -0.4 is 5.11 Å². The van der Waals surface area contributed by atoms with Gasteiger partial charge in [-0.25, -0.2) is 0 Å². The van der Waals surface area contributed by atoms with Gasteiger partial charge in [-0.2, -0.15) is 12.8 Å². The number of rotatable bonds is 4. The molecule has 0 atom stereocenters. The van der Waals surface area contributed by atoms with Crippen LogP contribution in [-0.2, 0) is 10.0 Å². The lowest BCUT2D eigenvalue weighted by molar-refractivity contribution is -0.214. The van der Waals surface area contributed by atoms with Crippen molar-refractivity contribution in [3.8, 4) is 0 Å². The molecule has 4 nitrogen and oxygen atoms in total. The Morgan fingerprint density at radius 3 is 2.39 bits per heavy atom. The second-order valence-corrected chi connectivity index (χ2v) is 5.64. The Balaban J connectivity index is 3.08. The van der Waals surface area contributed by atoms with E-state index in [0.717, 1.165) is 5.41 Å². The maximum absolute atomic E-state index is 11.4. The molecular weight excluding hydrogens is 321 g/mol. The number of benzene rings is 1. The van der Waals surface area contributed by atoms with Gasteiger partial charge in [0.2, 0.25) is 0 Å². The molecule has 0 amide bonds. The zero-order chi connectivity index (χ0) is 13.8. The number of sulfonamides is 1. The van der Waals surface area contributed by atoms with Crippen molar-refractivity contribution in [2.24, 2.45) is 4.40 Å². The van der Waals surface area contributed by atoms with E-state index < -0.39 is 21.8 Å². The summed E-state index contributed by atoms with van der Waals surface area (Å²) in [5, 5.41) is 12.1. The van der Waals surface area contributed by atoms with Gasteiger partial charge in [-0.05, 0) is 24.1 Å². The smallest absolute Gasteiger partial charge is 0.274 e. The van der Waals surface area contributed by atoms with Crippen LogP contribution in [-0.4, -0.2) is 20.2 Å². The van der Waals surface area contributed by atoms with Crippen LogP contribution in [0.15, 0.2) is 28.0 Å². The molecule has 1 aromatic carbocycles. The molecule has 98 valence electrons. The molecule has 0 fully saturated rings. The minimum absolute atomic E-state index is 0.289. The second-order valence-electron chi connectivity index (χ2n) is 3.07. The fourth-order valence-corrected chi connectivity index (χ4v) is 2.39. The summed E-state index contributed by atoms with van der Waals surface area (Å²) in [6.45, 7) is 0. The summed E-state index contributed by atoms with van der Waals surface area (Å²) in [5.41, 5.74) is 0.331. The zero-order valence-electron chi connectivity index (χ0n) is 8.81. The van der Waals surface area contributed by atoms with Gasteiger partial charge in [-0.15, -0.1) is 11.6 Å². The summed E-state index contributed by atoms with van der Waals surface area (Å²) in [5.74, 6) is -1.44. The molecule has 0 aliphatic heterocycles. The SMILES string of the molecule is O=S(=O)(C=Cc1c(Cl)cccc1Cl)N=C([O-])CCl. The van der Waals surface area contributed by atoms with E-state index in [1.165, 1.54) is 6.08 Å². The van der Waals surface area contributed by atoms with Crippen molar-refractivity contribution in [1.82, 2.24) is 0 Å². The minimum atomic E-state index is -4.03. The topological polar surface area (TPSA) is 69.6 Å². The first-order chi connectivity index (χ1) is 8.35. The highest BCUT2D eigenvalue weighted by Gasteiger charge is 2.05. The van der Waals surface area contributed by atoms with Crippen LogP contribution >= 0.6 is 34.8 Å². The monoisotopic (exact) mass is 326 g/mol. The molecule has 0 unspecified atom stereocenters. The Bertz CT molecular complexity index is 576. The number of hydrogen-bond acceptors (Lipinski definition) is 3. The van der Waals surface area contributed by atoms with Crippen LogP contribution in [0.4, 0.5) is 0 Å². The van der Waals surface area contributed by atoms with E-state index in [2.05, 4.69) is 4.40 Å². The van der Waals surface area contributed by atoms with Gasteiger partial charge in [0, 0.05) is 15.6 Å². The van der Waals surface area contributed by atoms with Crippen LogP contribution in [0.25, 0.3) is 6.08 Å². The summed E-state index contributed by atoms with van der Waals surface area (Å²) < 4.78 is 25.7. The maximum Gasteiger partial charge on any atom is 0.274 e. The molecule has 0 saturated carbocycles. The third kappa shape index (κ3) is 4.49. The quantitative estimate of drug-likeness (QED) is 0.484. The highest BCUT2D eigenvalue weighted by atomic mass is 35.5. The lowest BCUT2D eigenvalue weighted by atomic mass is 10.2. The van der Waals surface area contributed by atoms with E-state index in [4.69, 9.17) is 34.8 Å². The van der Waals surface area contributed by atoms with Crippen molar-refractivity contribution >= 4 is 56.8 Å². The van der Waals surface area contributed by atoms with Gasteiger partial charge in [0.25, 0.3) is 10.0 Å². The molecule has 8 heteroatoms. The van der Waals surface area contributed by atoms with Crippen LogP contribution in [0.3, 0.4) is 0 Å². The first kappa shape index (κ1) is 15.3. The van der Waals surface area contributed by atoms with Crippen LogP contribution in [0.5, 0.6) is 0 Å². The highest BCUT2D eigenvalue weighted by molar-refractivity contribution is 7.93. The molecule has 0 spiro atoms. The van der Waals surface area contributed by atoms with Crippen LogP contribution in [0.1, 0.15) is 5.56 Å². The Kier molecular flexibility index (Phi) is 5.47. The van der Waals surface area contributed by atoms with E-state index in [1.54, 1.807) is 18.2 Å². The highest BCUT2D eigenvalue weighted by Crippen LogP contribution is 2.25. The standard InChI is InChI=1S/C10H8Cl3NO3S/c11-6-10(15)14-18(16,17)5-4-7-8(12)2-1-3-9(7)13/h1-5H,6H2,(H,14,15)/p-1. The molecular formula is C10H7Cl3NO3S-. The van der Waals surface area contributed by atoms with Crippen molar-refractivity contribution < 1.29 is 13.5 Å². The predicted octanol–water partition coefficient (Wildman–Crippen LogP) is 2.29. The fraction of sp³-hybridized carbons (Fsp3) is 0.100. The Hall–Kier alpha value is -0.750. The molecule has 0 N–H and O–H groups in total. The van der Waals surface area contributed by atoms with Crippen molar-refractivity contribution in [1.29, 1.82) is 0 Å². The van der Waals surface area contributed by atoms with Gasteiger partial charge in [0.05, 0.1) is 11.3 Å². The van der Waals surface area contributed by atoms with Crippen LogP contribution in [0, 0.1) is 0 Å². The number of nitrogens with zero attached hydrogens (tertiary/aromatic N) is 1. The lowest BCUT2D eigenvalue weighted by Gasteiger charge is -2.04. The summed E-state index contributed by atoms with van der Waals surface area (Å²) in [7, 11) is -4.03. The van der Waals surface area contributed by atoms with Crippen molar-refractivity contribution in [2.45, 2.75) is 0 Å². The van der Waals surface area contributed by atoms with E-state index in [1.807, 2.05) is 0 Å². The molecule has 0 aromatic heterocycles. The molecule has 0 heterocycles. The molecule has 1 aromatic rings. The summed E-state index contributed by atoms with van der Waals surface area (Å²) in [6, 6.07) is 4.74. The third-order valence-corrected chi connectivity index (χ3v) is 3.58. The Morgan fingerprint density at radius 2 is 1.89 bits per heavy atom. The van der Waals surface area contributed by atoms with E-state index in [0.29, 0.717) is 5.56 Å². The molecule has 0 radical (unpaired) electrons. The van der Waals surface area contributed by atoms with Gasteiger partial charge in [0.15, 0.2) is 0 Å². The number of halogens is 3. The number of alkyl halides is 1. The number of hydrogen-bond donors (Lipinski definition) is 0. The first-order valence-corrected chi connectivity index (χ1v) is 7.34. The molecule has 0 saturated heterocycles. The summed E-state index contributed by atoms with van der Waals surface area (Å²) in [6.07, 6.45) is 1.17. The van der Waals surface area contributed by atoms with Crippen molar-refractivity contribution in [3.05, 3.63) is 39.2 Å². The minimum Gasteiger partial charge on any atom is -0.860 e. The van der Waals surface area contributed by atoms with Gasteiger partial charge in [-0.1, -0.05) is 29.3 Å².